The molecule has 0 aliphatic carbocycles. The van der Waals surface area contributed by atoms with Crippen LogP contribution in [0.3, 0.4) is 0 Å². The highest BCUT2D eigenvalue weighted by Gasteiger charge is 2.53. The first-order valence-corrected chi connectivity index (χ1v) is 7.34. The second kappa shape index (κ2) is 6.48. The SMILES string of the molecule is COC(=O)C1=CCC(C#CCN2C(=O)C(F)(F)C[C@@H]2C=O)S1. The number of thioether (sulfide) groups is 1. The van der Waals surface area contributed by atoms with E-state index in [1.165, 1.54) is 18.9 Å². The lowest BCUT2D eigenvalue weighted by Crippen LogP contribution is -2.37. The molecule has 8 heteroatoms. The number of likely N-dealkylation sites (tertiary alicyclic amines) is 1. The Labute approximate surface area is 130 Å². The van der Waals surface area contributed by atoms with Gasteiger partial charge in [0.05, 0.1) is 29.9 Å². The van der Waals surface area contributed by atoms with E-state index in [4.69, 9.17) is 0 Å². The Bertz CT molecular complexity index is 593. The van der Waals surface area contributed by atoms with Crippen LogP contribution in [0.25, 0.3) is 0 Å². The van der Waals surface area contributed by atoms with E-state index in [1.807, 2.05) is 0 Å². The molecule has 1 amide bonds. The molecule has 0 N–H and O–H groups in total. The van der Waals surface area contributed by atoms with Gasteiger partial charge in [0.2, 0.25) is 0 Å². The number of alkyl halides is 2. The van der Waals surface area contributed by atoms with Crippen LogP contribution in [0.5, 0.6) is 0 Å². The summed E-state index contributed by atoms with van der Waals surface area (Å²) in [5, 5.41) is -0.193. The molecule has 22 heavy (non-hydrogen) atoms. The summed E-state index contributed by atoms with van der Waals surface area (Å²) in [5.74, 6) is 0.130. The molecule has 0 aromatic carbocycles. The van der Waals surface area contributed by atoms with E-state index in [9.17, 15) is 23.2 Å². The fraction of sp³-hybridized carbons (Fsp3) is 0.500. The van der Waals surface area contributed by atoms with E-state index >= 15 is 0 Å². The number of hydrogen-bond acceptors (Lipinski definition) is 5. The first kappa shape index (κ1) is 16.5. The van der Waals surface area contributed by atoms with Crippen LogP contribution in [0.1, 0.15) is 12.8 Å². The van der Waals surface area contributed by atoms with Crippen LogP contribution in [-0.4, -0.2) is 53.9 Å². The number of halogens is 2. The normalized spacial score (nSPS) is 26.2. The molecule has 0 spiro atoms. The van der Waals surface area contributed by atoms with Crippen LogP contribution in [0, 0.1) is 11.8 Å². The average molecular weight is 329 g/mol. The fourth-order valence-corrected chi connectivity index (χ4v) is 3.17. The highest BCUT2D eigenvalue weighted by molar-refractivity contribution is 8.05. The molecule has 0 radical (unpaired) electrons. The topological polar surface area (TPSA) is 63.7 Å². The molecule has 0 aromatic heterocycles. The molecule has 0 bridgehead atoms. The summed E-state index contributed by atoms with van der Waals surface area (Å²) < 4.78 is 31.1. The Kier molecular flexibility index (Phi) is 4.86. The van der Waals surface area contributed by atoms with Gasteiger partial charge in [0.15, 0.2) is 0 Å². The minimum Gasteiger partial charge on any atom is -0.465 e. The van der Waals surface area contributed by atoms with Gasteiger partial charge in [-0.1, -0.05) is 17.9 Å². The lowest BCUT2D eigenvalue weighted by atomic mass is 10.2. The Hall–Kier alpha value is -1.88. The van der Waals surface area contributed by atoms with Crippen LogP contribution >= 0.6 is 11.8 Å². The molecule has 1 saturated heterocycles. The van der Waals surface area contributed by atoms with Crippen LogP contribution < -0.4 is 0 Å². The van der Waals surface area contributed by atoms with E-state index in [2.05, 4.69) is 16.6 Å². The Morgan fingerprint density at radius 2 is 2.36 bits per heavy atom. The van der Waals surface area contributed by atoms with Crippen molar-refractivity contribution in [3.63, 3.8) is 0 Å². The minimum atomic E-state index is -3.50. The van der Waals surface area contributed by atoms with Crippen molar-refractivity contribution in [2.24, 2.45) is 0 Å². The second-order valence-electron chi connectivity index (χ2n) is 4.77. The van der Waals surface area contributed by atoms with Crippen molar-refractivity contribution < 1.29 is 27.9 Å². The molecule has 5 nitrogen and oxygen atoms in total. The molecule has 2 aliphatic rings. The molecule has 2 rings (SSSR count). The number of esters is 1. The number of amides is 1. The summed E-state index contributed by atoms with van der Waals surface area (Å²) in [4.78, 5) is 34.8. The maximum Gasteiger partial charge on any atom is 0.344 e. The van der Waals surface area contributed by atoms with Gasteiger partial charge in [0.25, 0.3) is 5.91 Å². The molecule has 2 atom stereocenters. The number of aldehydes is 1. The van der Waals surface area contributed by atoms with E-state index in [-0.39, 0.29) is 11.8 Å². The van der Waals surface area contributed by atoms with Crippen molar-refractivity contribution in [3.8, 4) is 11.8 Å². The standard InChI is InChI=1S/C14H13F2NO4S/c1-21-12(19)11-5-4-10(22-11)3-2-6-17-9(8-18)7-14(15,16)13(17)20/h5,8-10H,4,6-7H2,1H3/t9-,10?/m1/s1. The fourth-order valence-electron chi connectivity index (χ4n) is 2.16. The quantitative estimate of drug-likeness (QED) is 0.439. The van der Waals surface area contributed by atoms with Gasteiger partial charge in [-0.05, 0) is 6.42 Å². The first-order chi connectivity index (χ1) is 10.4. The van der Waals surface area contributed by atoms with Crippen LogP contribution in [0.4, 0.5) is 8.78 Å². The van der Waals surface area contributed by atoms with Crippen LogP contribution in [0.2, 0.25) is 0 Å². The number of nitrogens with zero attached hydrogens (tertiary/aromatic N) is 1. The Balaban J connectivity index is 1.93. The molecular weight excluding hydrogens is 316 g/mol. The van der Waals surface area contributed by atoms with E-state index < -0.39 is 30.3 Å². The van der Waals surface area contributed by atoms with Crippen molar-refractivity contribution in [2.45, 2.75) is 30.1 Å². The number of methoxy groups -OCH3 is 1. The van der Waals surface area contributed by atoms with Crippen molar-refractivity contribution in [1.29, 1.82) is 0 Å². The van der Waals surface area contributed by atoms with Gasteiger partial charge in [0.1, 0.15) is 6.29 Å². The predicted octanol–water partition coefficient (Wildman–Crippen LogP) is 0.987. The van der Waals surface area contributed by atoms with Gasteiger partial charge in [-0.15, -0.1) is 11.8 Å². The molecule has 118 valence electrons. The third-order valence-electron chi connectivity index (χ3n) is 3.28. The number of allylic oxidation sites excluding steroid dienone is 1. The highest BCUT2D eigenvalue weighted by atomic mass is 32.2. The third kappa shape index (κ3) is 3.30. The van der Waals surface area contributed by atoms with Crippen molar-refractivity contribution >= 4 is 29.9 Å². The van der Waals surface area contributed by atoms with Crippen LogP contribution in [-0.2, 0) is 19.1 Å². The van der Waals surface area contributed by atoms with Gasteiger partial charge >= 0.3 is 11.9 Å². The van der Waals surface area contributed by atoms with E-state index in [0.29, 0.717) is 17.6 Å². The highest BCUT2D eigenvalue weighted by Crippen LogP contribution is 2.33. The number of carbonyl (C=O) groups is 3. The number of carbonyl (C=O) groups excluding carboxylic acids is 3. The molecule has 1 unspecified atom stereocenters. The minimum absolute atomic E-state index is 0.193. The van der Waals surface area contributed by atoms with Gasteiger partial charge in [-0.2, -0.15) is 8.78 Å². The zero-order valence-corrected chi connectivity index (χ0v) is 12.5. The number of ether oxygens (including phenoxy) is 1. The van der Waals surface area contributed by atoms with E-state index in [0.717, 1.165) is 4.90 Å². The number of rotatable bonds is 3. The predicted molar refractivity (Wildman–Crippen MR) is 75.0 cm³/mol. The third-order valence-corrected chi connectivity index (χ3v) is 4.46. The summed E-state index contributed by atoms with van der Waals surface area (Å²) in [6.45, 7) is -0.234. The zero-order valence-electron chi connectivity index (χ0n) is 11.7. The maximum atomic E-state index is 13.3. The van der Waals surface area contributed by atoms with Gasteiger partial charge in [-0.25, -0.2) is 4.79 Å². The second-order valence-corrected chi connectivity index (χ2v) is 6.01. The summed E-state index contributed by atoms with van der Waals surface area (Å²) >= 11 is 1.22. The maximum absolute atomic E-state index is 13.3. The molecule has 2 heterocycles. The smallest absolute Gasteiger partial charge is 0.344 e. The molecule has 2 aliphatic heterocycles. The lowest BCUT2D eigenvalue weighted by molar-refractivity contribution is -0.147. The summed E-state index contributed by atoms with van der Waals surface area (Å²) in [5.41, 5.74) is 0. The summed E-state index contributed by atoms with van der Waals surface area (Å²) in [6.07, 6.45) is 1.76. The largest absolute Gasteiger partial charge is 0.465 e. The molecule has 0 saturated carbocycles. The average Bonchev–Trinajstić information content (AvgIpc) is 3.04. The molecular formula is C14H13F2NO4S. The van der Waals surface area contributed by atoms with Crippen LogP contribution in [0.15, 0.2) is 11.0 Å². The number of hydrogen-bond donors (Lipinski definition) is 0. The summed E-state index contributed by atoms with van der Waals surface area (Å²) in [6, 6.07) is -1.14. The molecule has 1 fully saturated rings. The first-order valence-electron chi connectivity index (χ1n) is 6.46. The zero-order chi connectivity index (χ0) is 16.3. The molecule has 0 aromatic rings. The van der Waals surface area contributed by atoms with E-state index in [1.54, 1.807) is 6.08 Å². The monoisotopic (exact) mass is 329 g/mol. The van der Waals surface area contributed by atoms with Crippen molar-refractivity contribution in [1.82, 2.24) is 4.90 Å². The summed E-state index contributed by atoms with van der Waals surface area (Å²) in [7, 11) is 1.28. The van der Waals surface area contributed by atoms with Gasteiger partial charge in [0, 0.05) is 6.42 Å². The Morgan fingerprint density at radius 1 is 1.64 bits per heavy atom. The van der Waals surface area contributed by atoms with Gasteiger partial charge in [-0.3, -0.25) is 4.79 Å². The van der Waals surface area contributed by atoms with Crippen molar-refractivity contribution in [2.75, 3.05) is 13.7 Å². The van der Waals surface area contributed by atoms with Crippen molar-refractivity contribution in [3.05, 3.63) is 11.0 Å². The Morgan fingerprint density at radius 3 is 3.00 bits per heavy atom. The lowest BCUT2D eigenvalue weighted by Gasteiger charge is -2.16. The van der Waals surface area contributed by atoms with Gasteiger partial charge < -0.3 is 14.4 Å².